The molecule has 0 aliphatic heterocycles. The van der Waals surface area contributed by atoms with Crippen molar-refractivity contribution < 1.29 is 41.0 Å². The van der Waals surface area contributed by atoms with Crippen molar-refractivity contribution in [3.05, 3.63) is 12.2 Å². The van der Waals surface area contributed by atoms with E-state index in [2.05, 4.69) is 16.6 Å². The van der Waals surface area contributed by atoms with Gasteiger partial charge in [-0.3, -0.25) is 4.79 Å². The second kappa shape index (κ2) is 9.84. The molecule has 0 heterocycles. The van der Waals surface area contributed by atoms with Crippen LogP contribution >= 0.6 is 0 Å². The highest BCUT2D eigenvalue weighted by atomic mass is 19.4. The van der Waals surface area contributed by atoms with E-state index in [9.17, 15) is 31.5 Å². The maximum Gasteiger partial charge on any atom is 0.453 e. The van der Waals surface area contributed by atoms with E-state index in [-0.39, 0.29) is 17.7 Å². The average molecular weight is 389 g/mol. The first kappa shape index (κ1) is 24.3. The first-order valence-corrected chi connectivity index (χ1v) is 7.86. The number of ether oxygens (including phenoxy) is 2. The minimum atomic E-state index is -5.64. The predicted octanol–water partition coefficient (Wildman–Crippen LogP) is 3.39. The Morgan fingerprint density at radius 1 is 1.00 bits per heavy atom. The lowest BCUT2D eigenvalue weighted by Crippen LogP contribution is -2.38. The Balaban J connectivity index is 4.02. The zero-order valence-corrected chi connectivity index (χ0v) is 15.0. The Labute approximate surface area is 148 Å². The molecule has 0 bridgehead atoms. The summed E-state index contributed by atoms with van der Waals surface area (Å²) >= 11 is 0. The SMILES string of the molecule is C=C(CC(=O)OCCCC(F)(F)C(F)(F)F)C(=O)OCCNC(C)(C)C. The molecule has 0 aliphatic rings. The van der Waals surface area contributed by atoms with Crippen LogP contribution in [0.5, 0.6) is 0 Å². The third-order valence-corrected chi connectivity index (χ3v) is 2.95. The van der Waals surface area contributed by atoms with E-state index in [4.69, 9.17) is 4.74 Å². The summed E-state index contributed by atoms with van der Waals surface area (Å²) in [5.74, 6) is -6.62. The molecular formula is C16H24F5NO4. The van der Waals surface area contributed by atoms with Gasteiger partial charge in [-0.05, 0) is 27.2 Å². The maximum atomic E-state index is 12.6. The van der Waals surface area contributed by atoms with Gasteiger partial charge in [-0.15, -0.1) is 0 Å². The van der Waals surface area contributed by atoms with Crippen LogP contribution in [0.15, 0.2) is 12.2 Å². The molecule has 26 heavy (non-hydrogen) atoms. The normalized spacial score (nSPS) is 12.6. The van der Waals surface area contributed by atoms with E-state index >= 15 is 0 Å². The first-order chi connectivity index (χ1) is 11.7. The Morgan fingerprint density at radius 3 is 2.08 bits per heavy atom. The second-order valence-corrected chi connectivity index (χ2v) is 6.62. The third-order valence-electron chi connectivity index (χ3n) is 2.95. The summed E-state index contributed by atoms with van der Waals surface area (Å²) in [5, 5.41) is 3.07. The van der Waals surface area contributed by atoms with Crippen molar-refractivity contribution in [2.24, 2.45) is 0 Å². The van der Waals surface area contributed by atoms with Gasteiger partial charge in [0.05, 0.1) is 13.0 Å². The molecule has 5 nitrogen and oxygen atoms in total. The molecule has 0 amide bonds. The summed E-state index contributed by atoms with van der Waals surface area (Å²) in [6, 6.07) is 0. The van der Waals surface area contributed by atoms with Gasteiger partial charge in [0, 0.05) is 24.1 Å². The van der Waals surface area contributed by atoms with Crippen molar-refractivity contribution in [3.8, 4) is 0 Å². The molecule has 0 atom stereocenters. The summed E-state index contributed by atoms with van der Waals surface area (Å²) < 4.78 is 70.5. The number of halogens is 5. The zero-order chi connectivity index (χ0) is 20.6. The number of hydrogen-bond acceptors (Lipinski definition) is 5. The number of esters is 2. The fourth-order valence-electron chi connectivity index (χ4n) is 1.59. The zero-order valence-electron chi connectivity index (χ0n) is 15.0. The molecule has 0 rings (SSSR count). The fourth-order valence-corrected chi connectivity index (χ4v) is 1.59. The molecule has 0 aliphatic carbocycles. The van der Waals surface area contributed by atoms with Gasteiger partial charge >= 0.3 is 24.0 Å². The van der Waals surface area contributed by atoms with Gasteiger partial charge in [0.25, 0.3) is 0 Å². The lowest BCUT2D eigenvalue weighted by molar-refractivity contribution is -0.285. The Hall–Kier alpha value is -1.71. The third kappa shape index (κ3) is 10.3. The van der Waals surface area contributed by atoms with E-state index in [1.165, 1.54) is 0 Å². The van der Waals surface area contributed by atoms with Crippen molar-refractivity contribution in [2.45, 2.75) is 57.7 Å². The van der Waals surface area contributed by atoms with Crippen molar-refractivity contribution in [1.29, 1.82) is 0 Å². The molecule has 0 aromatic carbocycles. The van der Waals surface area contributed by atoms with Crippen molar-refractivity contribution in [3.63, 3.8) is 0 Å². The molecule has 0 aromatic rings. The van der Waals surface area contributed by atoms with Gasteiger partial charge in [0.1, 0.15) is 6.61 Å². The molecule has 0 fully saturated rings. The van der Waals surface area contributed by atoms with Crippen LogP contribution in [0.2, 0.25) is 0 Å². The Bertz CT molecular complexity index is 498. The summed E-state index contributed by atoms with van der Waals surface area (Å²) in [6.45, 7) is 8.95. The largest absolute Gasteiger partial charge is 0.465 e. The van der Waals surface area contributed by atoms with Crippen LogP contribution in [0, 0.1) is 0 Å². The second-order valence-electron chi connectivity index (χ2n) is 6.62. The molecule has 0 spiro atoms. The van der Waals surface area contributed by atoms with E-state index in [1.54, 1.807) is 0 Å². The van der Waals surface area contributed by atoms with E-state index in [0.29, 0.717) is 6.54 Å². The Morgan fingerprint density at radius 2 is 1.58 bits per heavy atom. The standard InChI is InChI=1S/C16H24F5NO4/c1-11(13(24)26-9-7-22-14(2,3)4)10-12(23)25-8-5-6-15(17,18)16(19,20)21/h22H,1,5-10H2,2-4H3. The molecule has 0 saturated carbocycles. The number of alkyl halides is 5. The van der Waals surface area contributed by atoms with Gasteiger partial charge in [0.15, 0.2) is 0 Å². The highest BCUT2D eigenvalue weighted by Gasteiger charge is 2.56. The Kier molecular flexibility index (Phi) is 9.19. The molecule has 0 unspecified atom stereocenters. The number of nitrogens with one attached hydrogen (secondary N) is 1. The van der Waals surface area contributed by atoms with Crippen molar-refractivity contribution >= 4 is 11.9 Å². The monoisotopic (exact) mass is 389 g/mol. The maximum absolute atomic E-state index is 12.6. The molecule has 0 saturated heterocycles. The molecule has 1 N–H and O–H groups in total. The summed E-state index contributed by atoms with van der Waals surface area (Å²) in [5.41, 5.74) is -0.359. The molecule has 0 aromatic heterocycles. The highest BCUT2D eigenvalue weighted by molar-refractivity contribution is 5.93. The van der Waals surface area contributed by atoms with Crippen LogP contribution in [-0.4, -0.2) is 49.3 Å². The van der Waals surface area contributed by atoms with Crippen LogP contribution in [-0.2, 0) is 19.1 Å². The topological polar surface area (TPSA) is 64.6 Å². The minimum absolute atomic E-state index is 0.0523. The molecule has 152 valence electrons. The van der Waals surface area contributed by atoms with Crippen LogP contribution in [0.25, 0.3) is 0 Å². The summed E-state index contributed by atoms with van der Waals surface area (Å²) in [7, 11) is 0. The first-order valence-electron chi connectivity index (χ1n) is 7.86. The van der Waals surface area contributed by atoms with Crippen LogP contribution < -0.4 is 5.32 Å². The van der Waals surface area contributed by atoms with Crippen molar-refractivity contribution in [2.75, 3.05) is 19.8 Å². The lowest BCUT2D eigenvalue weighted by Gasteiger charge is -2.20. The molecular weight excluding hydrogens is 365 g/mol. The van der Waals surface area contributed by atoms with Gasteiger partial charge in [-0.1, -0.05) is 6.58 Å². The van der Waals surface area contributed by atoms with Gasteiger partial charge < -0.3 is 14.8 Å². The number of hydrogen-bond donors (Lipinski definition) is 1. The lowest BCUT2D eigenvalue weighted by atomic mass is 10.1. The smallest absolute Gasteiger partial charge is 0.453 e. The van der Waals surface area contributed by atoms with Gasteiger partial charge in [0.2, 0.25) is 0 Å². The minimum Gasteiger partial charge on any atom is -0.465 e. The fraction of sp³-hybridized carbons (Fsp3) is 0.750. The van der Waals surface area contributed by atoms with Crippen LogP contribution in [0.3, 0.4) is 0 Å². The number of rotatable bonds is 10. The summed E-state index contributed by atoms with van der Waals surface area (Å²) in [6.07, 6.45) is -8.35. The average Bonchev–Trinajstić information content (AvgIpc) is 2.45. The molecule has 10 heteroatoms. The van der Waals surface area contributed by atoms with Crippen molar-refractivity contribution in [1.82, 2.24) is 5.32 Å². The van der Waals surface area contributed by atoms with Crippen LogP contribution in [0.1, 0.15) is 40.0 Å². The van der Waals surface area contributed by atoms with E-state index in [0.717, 1.165) is 0 Å². The predicted molar refractivity (Wildman–Crippen MR) is 83.7 cm³/mol. The van der Waals surface area contributed by atoms with Crippen LogP contribution in [0.4, 0.5) is 22.0 Å². The number of carbonyl (C=O) groups excluding carboxylic acids is 2. The van der Waals surface area contributed by atoms with Gasteiger partial charge in [-0.25, -0.2) is 4.79 Å². The quantitative estimate of drug-likeness (QED) is 0.269. The van der Waals surface area contributed by atoms with E-state index in [1.807, 2.05) is 20.8 Å². The summed E-state index contributed by atoms with van der Waals surface area (Å²) in [4.78, 5) is 23.0. The van der Waals surface area contributed by atoms with E-state index < -0.39 is 49.9 Å². The van der Waals surface area contributed by atoms with Gasteiger partial charge in [-0.2, -0.15) is 22.0 Å². The molecule has 0 radical (unpaired) electrons. The highest BCUT2D eigenvalue weighted by Crippen LogP contribution is 2.38. The number of carbonyl (C=O) groups is 2.